The second-order valence-electron chi connectivity index (χ2n) is 7.28. The first-order valence-corrected chi connectivity index (χ1v) is 10.1. The maximum Gasteiger partial charge on any atom is 0.166 e. The summed E-state index contributed by atoms with van der Waals surface area (Å²) < 4.78 is 12.0. The van der Waals surface area contributed by atoms with E-state index in [0.717, 1.165) is 49.2 Å². The van der Waals surface area contributed by atoms with Gasteiger partial charge in [0.05, 0.1) is 6.61 Å². The Morgan fingerprint density at radius 2 is 1.81 bits per heavy atom. The molecule has 3 rings (SSSR count). The Bertz CT molecular complexity index is 694. The van der Waals surface area contributed by atoms with E-state index in [1.54, 1.807) is 0 Å². The second-order valence-corrected chi connectivity index (χ2v) is 7.28. The maximum absolute atomic E-state index is 6.21. The van der Waals surface area contributed by atoms with Gasteiger partial charge in [0.25, 0.3) is 0 Å². The van der Waals surface area contributed by atoms with E-state index < -0.39 is 0 Å². The highest BCUT2D eigenvalue weighted by Crippen LogP contribution is 2.32. The Hall–Kier alpha value is -2.04. The largest absolute Gasteiger partial charge is 0.490 e. The third kappa shape index (κ3) is 5.98. The van der Waals surface area contributed by atoms with Crippen molar-refractivity contribution in [2.24, 2.45) is 5.92 Å². The Morgan fingerprint density at radius 3 is 2.56 bits per heavy atom. The molecule has 1 aliphatic heterocycles. The number of hydrogen-bond acceptors (Lipinski definition) is 4. The fourth-order valence-corrected chi connectivity index (χ4v) is 3.47. The summed E-state index contributed by atoms with van der Waals surface area (Å²) in [4.78, 5) is 0. The molecule has 1 aliphatic rings. The van der Waals surface area contributed by atoms with Crippen LogP contribution in [-0.4, -0.2) is 26.2 Å². The monoisotopic (exact) mass is 368 g/mol. The molecule has 2 N–H and O–H groups in total. The molecule has 2 aromatic rings. The van der Waals surface area contributed by atoms with E-state index in [0.29, 0.717) is 13.2 Å². The topological polar surface area (TPSA) is 42.5 Å². The summed E-state index contributed by atoms with van der Waals surface area (Å²) in [5.74, 6) is 2.45. The van der Waals surface area contributed by atoms with E-state index in [2.05, 4.69) is 47.9 Å². The number of aryl methyl sites for hydroxylation is 1. The zero-order chi connectivity index (χ0) is 18.9. The lowest BCUT2D eigenvalue weighted by Crippen LogP contribution is -2.33. The summed E-state index contributed by atoms with van der Waals surface area (Å²) in [7, 11) is 0. The van der Waals surface area contributed by atoms with Gasteiger partial charge in [0.2, 0.25) is 0 Å². The van der Waals surface area contributed by atoms with E-state index in [4.69, 9.17) is 9.47 Å². The molecule has 4 heteroatoms. The van der Waals surface area contributed by atoms with Crippen molar-refractivity contribution in [2.45, 2.75) is 39.8 Å². The molecule has 27 heavy (non-hydrogen) atoms. The maximum atomic E-state index is 6.21. The molecule has 0 amide bonds. The van der Waals surface area contributed by atoms with Gasteiger partial charge in [-0.1, -0.05) is 42.0 Å². The Balaban J connectivity index is 1.64. The summed E-state index contributed by atoms with van der Waals surface area (Å²) in [6.07, 6.45) is 2.51. The molecule has 0 saturated carbocycles. The van der Waals surface area contributed by atoms with Gasteiger partial charge in [-0.2, -0.15) is 0 Å². The molecular weight excluding hydrogens is 336 g/mol. The van der Waals surface area contributed by atoms with E-state index in [9.17, 15) is 0 Å². The van der Waals surface area contributed by atoms with E-state index in [-0.39, 0.29) is 0 Å². The van der Waals surface area contributed by atoms with Crippen LogP contribution in [0.15, 0.2) is 42.5 Å². The number of rotatable bonds is 9. The number of nitrogens with one attached hydrogen (secondary N) is 2. The van der Waals surface area contributed by atoms with Gasteiger partial charge >= 0.3 is 0 Å². The average molecular weight is 369 g/mol. The first-order valence-electron chi connectivity index (χ1n) is 10.1. The number of benzene rings is 2. The van der Waals surface area contributed by atoms with Crippen LogP contribution in [0.1, 0.15) is 36.5 Å². The summed E-state index contributed by atoms with van der Waals surface area (Å²) in [5.41, 5.74) is 3.58. The van der Waals surface area contributed by atoms with Crippen molar-refractivity contribution in [3.63, 3.8) is 0 Å². The Labute approximate surface area is 163 Å². The van der Waals surface area contributed by atoms with Crippen LogP contribution in [0.2, 0.25) is 0 Å². The smallest absolute Gasteiger partial charge is 0.166 e. The minimum Gasteiger partial charge on any atom is -0.490 e. The number of ether oxygens (including phenoxy) is 2. The van der Waals surface area contributed by atoms with Crippen molar-refractivity contribution in [2.75, 3.05) is 26.2 Å². The molecule has 0 radical (unpaired) electrons. The predicted octanol–water partition coefficient (Wildman–Crippen LogP) is 4.06. The first-order chi connectivity index (χ1) is 13.3. The molecule has 2 aromatic carbocycles. The molecule has 4 nitrogen and oxygen atoms in total. The van der Waals surface area contributed by atoms with Crippen LogP contribution in [0.25, 0.3) is 0 Å². The van der Waals surface area contributed by atoms with Gasteiger partial charge in [0.1, 0.15) is 6.61 Å². The van der Waals surface area contributed by atoms with Crippen LogP contribution in [0.3, 0.4) is 0 Å². The second kappa shape index (κ2) is 10.3. The SMILES string of the molecule is CCOc1cccc(CNCC2CCNCC2)c1OCc1ccc(C)cc1. The third-order valence-corrected chi connectivity index (χ3v) is 5.07. The fraction of sp³-hybridized carbons (Fsp3) is 0.478. The molecule has 0 spiro atoms. The zero-order valence-corrected chi connectivity index (χ0v) is 16.6. The van der Waals surface area contributed by atoms with Crippen LogP contribution < -0.4 is 20.1 Å². The van der Waals surface area contributed by atoms with E-state index >= 15 is 0 Å². The van der Waals surface area contributed by atoms with Gasteiger partial charge in [0, 0.05) is 12.1 Å². The first kappa shape index (κ1) is 19.7. The molecule has 0 unspecified atom stereocenters. The Morgan fingerprint density at radius 1 is 1.04 bits per heavy atom. The van der Waals surface area contributed by atoms with Gasteiger partial charge in [-0.25, -0.2) is 0 Å². The highest BCUT2D eigenvalue weighted by atomic mass is 16.5. The van der Waals surface area contributed by atoms with Gasteiger partial charge in [0.15, 0.2) is 11.5 Å². The average Bonchev–Trinajstić information content (AvgIpc) is 2.70. The van der Waals surface area contributed by atoms with Crippen molar-refractivity contribution in [3.8, 4) is 11.5 Å². The lowest BCUT2D eigenvalue weighted by Gasteiger charge is -2.23. The third-order valence-electron chi connectivity index (χ3n) is 5.07. The van der Waals surface area contributed by atoms with Crippen LogP contribution in [0, 0.1) is 12.8 Å². The molecule has 1 heterocycles. The summed E-state index contributed by atoms with van der Waals surface area (Å²) in [6, 6.07) is 14.6. The van der Waals surface area contributed by atoms with Crippen molar-refractivity contribution < 1.29 is 9.47 Å². The van der Waals surface area contributed by atoms with Crippen molar-refractivity contribution in [3.05, 3.63) is 59.2 Å². The normalized spacial score (nSPS) is 14.9. The van der Waals surface area contributed by atoms with Gasteiger partial charge in [-0.15, -0.1) is 0 Å². The molecule has 1 fully saturated rings. The lowest BCUT2D eigenvalue weighted by atomic mass is 9.98. The molecule has 0 aromatic heterocycles. The van der Waals surface area contributed by atoms with Crippen molar-refractivity contribution in [1.82, 2.24) is 10.6 Å². The quantitative estimate of drug-likeness (QED) is 0.700. The molecule has 1 saturated heterocycles. The number of piperidine rings is 1. The van der Waals surface area contributed by atoms with Crippen LogP contribution in [-0.2, 0) is 13.2 Å². The van der Waals surface area contributed by atoms with Gasteiger partial charge in [-0.05, 0) is 63.9 Å². The molecule has 0 atom stereocenters. The van der Waals surface area contributed by atoms with Crippen LogP contribution in [0.4, 0.5) is 0 Å². The number of hydrogen-bond donors (Lipinski definition) is 2. The molecule has 0 bridgehead atoms. The molecule has 146 valence electrons. The van der Waals surface area contributed by atoms with Crippen molar-refractivity contribution in [1.29, 1.82) is 0 Å². The summed E-state index contributed by atoms with van der Waals surface area (Å²) in [5, 5.41) is 7.05. The zero-order valence-electron chi connectivity index (χ0n) is 16.6. The van der Waals surface area contributed by atoms with E-state index in [1.807, 2.05) is 19.1 Å². The van der Waals surface area contributed by atoms with Gasteiger partial charge in [-0.3, -0.25) is 0 Å². The highest BCUT2D eigenvalue weighted by molar-refractivity contribution is 5.46. The highest BCUT2D eigenvalue weighted by Gasteiger charge is 2.14. The summed E-state index contributed by atoms with van der Waals surface area (Å²) in [6.45, 7) is 9.41. The van der Waals surface area contributed by atoms with Crippen LogP contribution in [0.5, 0.6) is 11.5 Å². The lowest BCUT2D eigenvalue weighted by molar-refractivity contribution is 0.265. The minimum absolute atomic E-state index is 0.547. The van der Waals surface area contributed by atoms with Gasteiger partial charge < -0.3 is 20.1 Å². The van der Waals surface area contributed by atoms with Crippen LogP contribution >= 0.6 is 0 Å². The summed E-state index contributed by atoms with van der Waals surface area (Å²) >= 11 is 0. The minimum atomic E-state index is 0.547. The molecular formula is C23H32N2O2. The van der Waals surface area contributed by atoms with Crippen molar-refractivity contribution >= 4 is 0 Å². The fourth-order valence-electron chi connectivity index (χ4n) is 3.47. The predicted molar refractivity (Wildman–Crippen MR) is 110 cm³/mol. The number of para-hydroxylation sites is 1. The standard InChI is InChI=1S/C23H32N2O2/c1-3-26-22-6-4-5-21(16-25-15-19-11-13-24-14-12-19)23(22)27-17-20-9-7-18(2)8-10-20/h4-10,19,24-25H,3,11-17H2,1-2H3. The van der Waals surface area contributed by atoms with E-state index in [1.165, 1.54) is 24.0 Å². The Kier molecular flexibility index (Phi) is 7.55. The molecule has 0 aliphatic carbocycles.